The van der Waals surface area contributed by atoms with Gasteiger partial charge in [0.25, 0.3) is 0 Å². The fourth-order valence-corrected chi connectivity index (χ4v) is 1.10. The zero-order valence-electron chi connectivity index (χ0n) is 7.75. The minimum absolute atomic E-state index is 0. The van der Waals surface area contributed by atoms with Gasteiger partial charge in [0.05, 0.1) is 15.6 Å². The molecular formula is K3NaO7P2. The van der Waals surface area contributed by atoms with Crippen LogP contribution in [0.4, 0.5) is 0 Å². The van der Waals surface area contributed by atoms with Crippen molar-refractivity contribution in [2.24, 2.45) is 0 Å². The van der Waals surface area contributed by atoms with Crippen LogP contribution in [-0.2, 0) is 13.4 Å². The van der Waals surface area contributed by atoms with Gasteiger partial charge in [0, 0.05) is 0 Å². The fourth-order valence-electron chi connectivity index (χ4n) is 0.122. The van der Waals surface area contributed by atoms with Crippen molar-refractivity contribution >= 4 is 15.6 Å². The maximum Gasteiger partial charge on any atom is 1.00 e. The molecule has 0 saturated heterocycles. The van der Waals surface area contributed by atoms with Crippen molar-refractivity contribution < 1.29 is 217 Å². The van der Waals surface area contributed by atoms with Crippen LogP contribution in [0.15, 0.2) is 0 Å². The third-order valence-corrected chi connectivity index (χ3v) is 1.80. The van der Waals surface area contributed by atoms with Crippen molar-refractivity contribution in [3.8, 4) is 0 Å². The molecule has 13 heavy (non-hydrogen) atoms. The average Bonchev–Trinajstić information content (AvgIpc) is 1.14. The molecule has 0 aliphatic rings. The molecular weight excluding hydrogens is 314 g/mol. The van der Waals surface area contributed by atoms with Gasteiger partial charge in [0.1, 0.15) is 0 Å². The van der Waals surface area contributed by atoms with Crippen LogP contribution < -0.4 is 203 Å². The van der Waals surface area contributed by atoms with Crippen LogP contribution >= 0.6 is 15.6 Å². The average molecular weight is 314 g/mol. The minimum Gasteiger partial charge on any atom is -0.790 e. The second-order valence-corrected chi connectivity index (χ2v) is 3.42. The molecule has 0 aliphatic carbocycles. The molecule has 0 aromatic carbocycles. The molecule has 0 amide bonds. The van der Waals surface area contributed by atoms with E-state index in [4.69, 9.17) is 0 Å². The molecule has 0 atom stereocenters. The number of phosphoric acid groups is 2. The van der Waals surface area contributed by atoms with Crippen molar-refractivity contribution in [3.63, 3.8) is 0 Å². The first-order valence-corrected chi connectivity index (χ1v) is 4.38. The standard InChI is InChI=1S/3K.Na.H4O7P2/c;;;;1-8(2,3)7-9(4,5)6/h;;;;(H2,1,2,3)(H2,4,5,6)/q4*+1;/p-4. The van der Waals surface area contributed by atoms with E-state index in [2.05, 4.69) is 4.31 Å². The summed E-state index contributed by atoms with van der Waals surface area (Å²) < 4.78 is 21.2. The SMILES string of the molecule is O=P([O-])([O-])OP(=O)([O-])[O-].[K+].[K+].[K+].[Na+]. The molecule has 0 heterocycles. The van der Waals surface area contributed by atoms with Gasteiger partial charge < -0.3 is 33.0 Å². The number of hydrogen-bond donors (Lipinski definition) is 0. The molecule has 13 heteroatoms. The quantitative estimate of drug-likeness (QED) is 0.364. The minimum atomic E-state index is -5.68. The summed E-state index contributed by atoms with van der Waals surface area (Å²) in [6.45, 7) is 0. The molecule has 0 saturated carbocycles. The van der Waals surface area contributed by atoms with Gasteiger partial charge in [-0.25, -0.2) is 0 Å². The van der Waals surface area contributed by atoms with E-state index < -0.39 is 15.6 Å². The molecule has 0 bridgehead atoms. The van der Waals surface area contributed by atoms with Gasteiger partial charge in [-0.15, -0.1) is 0 Å². The summed E-state index contributed by atoms with van der Waals surface area (Å²) in [5.74, 6) is 0. The Morgan fingerprint density at radius 3 is 0.923 bits per heavy atom. The maximum absolute atomic E-state index is 9.32. The molecule has 0 N–H and O–H groups in total. The molecule has 0 rings (SSSR count). The first kappa shape index (κ1) is 31.5. The first-order chi connectivity index (χ1) is 3.71. The Bertz CT molecular complexity index is 162. The molecule has 7 nitrogen and oxygen atoms in total. The molecule has 0 spiro atoms. The van der Waals surface area contributed by atoms with Gasteiger partial charge in [-0.3, -0.25) is 0 Å². The Labute approximate surface area is 225 Å². The number of hydrogen-bond acceptors (Lipinski definition) is 7. The Balaban J connectivity index is -0.0000000533. The third kappa shape index (κ3) is 32.1. The smallest absolute Gasteiger partial charge is 0.790 e. The van der Waals surface area contributed by atoms with Crippen LogP contribution in [0.2, 0.25) is 0 Å². The van der Waals surface area contributed by atoms with Gasteiger partial charge in [0.15, 0.2) is 0 Å². The van der Waals surface area contributed by atoms with E-state index in [9.17, 15) is 28.7 Å². The summed E-state index contributed by atoms with van der Waals surface area (Å²) in [5, 5.41) is 0. The van der Waals surface area contributed by atoms with Crippen molar-refractivity contribution in [3.05, 3.63) is 0 Å². The molecule has 0 aromatic rings. The molecule has 0 aliphatic heterocycles. The van der Waals surface area contributed by atoms with Crippen LogP contribution in [-0.4, -0.2) is 0 Å². The summed E-state index contributed by atoms with van der Waals surface area (Å²) in [6, 6.07) is 0. The number of rotatable bonds is 2. The van der Waals surface area contributed by atoms with Crippen LogP contribution in [0.25, 0.3) is 0 Å². The van der Waals surface area contributed by atoms with Crippen molar-refractivity contribution in [2.45, 2.75) is 0 Å². The van der Waals surface area contributed by atoms with Crippen LogP contribution in [0, 0.1) is 0 Å². The second-order valence-electron chi connectivity index (χ2n) is 0.976. The van der Waals surface area contributed by atoms with Gasteiger partial charge in [0.2, 0.25) is 0 Å². The van der Waals surface area contributed by atoms with Gasteiger partial charge >= 0.3 is 184 Å². The van der Waals surface area contributed by atoms with E-state index in [1.807, 2.05) is 0 Å². The summed E-state index contributed by atoms with van der Waals surface area (Å²) in [5.41, 5.74) is 0. The van der Waals surface area contributed by atoms with Crippen LogP contribution in [0.3, 0.4) is 0 Å². The third-order valence-electron chi connectivity index (χ3n) is 0.200. The zero-order chi connectivity index (χ0) is 7.71. The summed E-state index contributed by atoms with van der Waals surface area (Å²) >= 11 is 0. The second kappa shape index (κ2) is 14.6. The van der Waals surface area contributed by atoms with Crippen LogP contribution in [0.1, 0.15) is 0 Å². The topological polar surface area (TPSA) is 136 Å². The van der Waals surface area contributed by atoms with Crippen molar-refractivity contribution in [1.82, 2.24) is 0 Å². The Morgan fingerprint density at radius 1 is 0.769 bits per heavy atom. The van der Waals surface area contributed by atoms with E-state index in [-0.39, 0.29) is 184 Å². The van der Waals surface area contributed by atoms with Crippen molar-refractivity contribution in [1.29, 1.82) is 0 Å². The van der Waals surface area contributed by atoms with Gasteiger partial charge in [-0.1, -0.05) is 0 Å². The van der Waals surface area contributed by atoms with E-state index in [1.54, 1.807) is 0 Å². The normalized spacial score (nSPS) is 9.54. The maximum atomic E-state index is 9.32. The first-order valence-electron chi connectivity index (χ1n) is 1.46. The summed E-state index contributed by atoms with van der Waals surface area (Å²) in [6.07, 6.45) is 0. The van der Waals surface area contributed by atoms with Crippen molar-refractivity contribution in [2.75, 3.05) is 0 Å². The molecule has 0 unspecified atom stereocenters. The molecule has 56 valence electrons. The van der Waals surface area contributed by atoms with Gasteiger partial charge in [-0.2, -0.15) is 0 Å². The predicted molar refractivity (Wildman–Crippen MR) is 16.3 cm³/mol. The van der Waals surface area contributed by atoms with Gasteiger partial charge in [-0.05, 0) is 0 Å². The van der Waals surface area contributed by atoms with E-state index in [0.29, 0.717) is 0 Å². The molecule has 0 aromatic heterocycles. The Hall–Kier alpha value is 6.17. The summed E-state index contributed by atoms with van der Waals surface area (Å²) in [7, 11) is -11.4. The Morgan fingerprint density at radius 2 is 0.923 bits per heavy atom. The monoisotopic (exact) mass is 314 g/mol. The van der Waals surface area contributed by atoms with E-state index >= 15 is 0 Å². The fraction of sp³-hybridized carbons (Fsp3) is 0. The van der Waals surface area contributed by atoms with E-state index in [0.717, 1.165) is 0 Å². The zero-order valence-corrected chi connectivity index (χ0v) is 20.9. The van der Waals surface area contributed by atoms with E-state index in [1.165, 1.54) is 0 Å². The Kier molecular flexibility index (Phi) is 35.3. The van der Waals surface area contributed by atoms with Crippen LogP contribution in [0.5, 0.6) is 0 Å². The molecule has 0 fully saturated rings. The molecule has 0 radical (unpaired) electrons. The predicted octanol–water partition coefficient (Wildman–Crippen LogP) is -15.3. The summed E-state index contributed by atoms with van der Waals surface area (Å²) in [4.78, 5) is 37.3. The largest absolute Gasteiger partial charge is 1.00 e.